The van der Waals surface area contributed by atoms with Gasteiger partial charge in [0.1, 0.15) is 11.3 Å². The van der Waals surface area contributed by atoms with Crippen LogP contribution >= 0.6 is 11.6 Å². The highest BCUT2D eigenvalue weighted by atomic mass is 35.5. The molecule has 5 heteroatoms. The van der Waals surface area contributed by atoms with Crippen molar-refractivity contribution in [3.63, 3.8) is 0 Å². The molecule has 3 aromatic rings. The van der Waals surface area contributed by atoms with E-state index in [-0.39, 0.29) is 5.63 Å². The standard InChI is InChI=1S/C17H14ClNO3/c1-21-16-5-3-2-4-14(16)19-10-11-8-17(20)22-15-7-6-12(18)9-13(11)15/h2-9,19H,10H2,1H3. The summed E-state index contributed by atoms with van der Waals surface area (Å²) < 4.78 is 10.5. The maximum Gasteiger partial charge on any atom is 0.336 e. The normalized spacial score (nSPS) is 10.6. The summed E-state index contributed by atoms with van der Waals surface area (Å²) in [5.41, 5.74) is 1.81. The number of rotatable bonds is 4. The molecule has 0 aliphatic heterocycles. The van der Waals surface area contributed by atoms with Crippen molar-refractivity contribution in [3.8, 4) is 5.75 Å². The summed E-state index contributed by atoms with van der Waals surface area (Å²) in [5.74, 6) is 0.743. The minimum Gasteiger partial charge on any atom is -0.495 e. The van der Waals surface area contributed by atoms with Crippen LogP contribution in [0.1, 0.15) is 5.56 Å². The molecule has 2 aromatic carbocycles. The Morgan fingerprint density at radius 2 is 2.00 bits per heavy atom. The van der Waals surface area contributed by atoms with Gasteiger partial charge in [-0.1, -0.05) is 23.7 Å². The van der Waals surface area contributed by atoms with Gasteiger partial charge in [-0.25, -0.2) is 4.79 Å². The van der Waals surface area contributed by atoms with E-state index in [0.29, 0.717) is 17.2 Å². The van der Waals surface area contributed by atoms with Gasteiger partial charge in [-0.3, -0.25) is 0 Å². The van der Waals surface area contributed by atoms with Crippen LogP contribution in [0.3, 0.4) is 0 Å². The van der Waals surface area contributed by atoms with Gasteiger partial charge in [0.15, 0.2) is 0 Å². The van der Waals surface area contributed by atoms with Crippen LogP contribution in [0.25, 0.3) is 11.0 Å². The number of hydrogen-bond donors (Lipinski definition) is 1. The first-order valence-corrected chi connectivity index (χ1v) is 7.14. The molecule has 1 aromatic heterocycles. The molecule has 1 heterocycles. The molecule has 0 spiro atoms. The fourth-order valence-corrected chi connectivity index (χ4v) is 2.50. The summed E-state index contributed by atoms with van der Waals surface area (Å²) in [5, 5.41) is 4.68. The van der Waals surface area contributed by atoms with Gasteiger partial charge in [0.2, 0.25) is 0 Å². The Labute approximate surface area is 132 Å². The smallest absolute Gasteiger partial charge is 0.336 e. The first-order chi connectivity index (χ1) is 10.7. The van der Waals surface area contributed by atoms with Crippen molar-refractivity contribution in [2.75, 3.05) is 12.4 Å². The van der Waals surface area contributed by atoms with Gasteiger partial charge in [-0.15, -0.1) is 0 Å². The summed E-state index contributed by atoms with van der Waals surface area (Å²) in [7, 11) is 1.62. The molecule has 0 unspecified atom stereocenters. The quantitative estimate of drug-likeness (QED) is 0.737. The van der Waals surface area contributed by atoms with Crippen LogP contribution in [-0.4, -0.2) is 7.11 Å². The molecular formula is C17H14ClNO3. The Morgan fingerprint density at radius 3 is 2.82 bits per heavy atom. The molecule has 0 saturated carbocycles. The van der Waals surface area contributed by atoms with Crippen molar-refractivity contribution >= 4 is 28.3 Å². The van der Waals surface area contributed by atoms with Gasteiger partial charge in [0, 0.05) is 23.0 Å². The summed E-state index contributed by atoms with van der Waals surface area (Å²) in [6.07, 6.45) is 0. The van der Waals surface area contributed by atoms with Crippen molar-refractivity contribution < 1.29 is 9.15 Å². The number of methoxy groups -OCH3 is 1. The van der Waals surface area contributed by atoms with Crippen LogP contribution in [0.4, 0.5) is 5.69 Å². The number of halogens is 1. The van der Waals surface area contributed by atoms with Crippen molar-refractivity contribution in [1.29, 1.82) is 0 Å². The number of benzene rings is 2. The lowest BCUT2D eigenvalue weighted by atomic mass is 10.1. The van der Waals surface area contributed by atoms with E-state index in [1.54, 1.807) is 25.3 Å². The molecule has 4 nitrogen and oxygen atoms in total. The molecule has 0 bridgehead atoms. The first-order valence-electron chi connectivity index (χ1n) is 6.76. The Bertz CT molecular complexity index is 873. The van der Waals surface area contributed by atoms with E-state index >= 15 is 0 Å². The molecule has 0 radical (unpaired) electrons. The first kappa shape index (κ1) is 14.5. The van der Waals surface area contributed by atoms with E-state index < -0.39 is 0 Å². The third kappa shape index (κ3) is 2.92. The zero-order chi connectivity index (χ0) is 15.5. The average Bonchev–Trinajstić information content (AvgIpc) is 2.53. The maximum atomic E-state index is 11.7. The predicted octanol–water partition coefficient (Wildman–Crippen LogP) is 4.07. The largest absolute Gasteiger partial charge is 0.495 e. The molecule has 0 amide bonds. The lowest BCUT2D eigenvalue weighted by Gasteiger charge is -2.12. The van der Waals surface area contributed by atoms with Gasteiger partial charge in [-0.2, -0.15) is 0 Å². The van der Waals surface area contributed by atoms with Crippen LogP contribution in [0.2, 0.25) is 5.02 Å². The fraction of sp³-hybridized carbons (Fsp3) is 0.118. The number of fused-ring (bicyclic) bond motifs is 1. The topological polar surface area (TPSA) is 51.5 Å². The minimum atomic E-state index is -0.383. The monoisotopic (exact) mass is 315 g/mol. The molecule has 0 atom stereocenters. The number of hydrogen-bond acceptors (Lipinski definition) is 4. The second kappa shape index (κ2) is 6.12. The Hall–Kier alpha value is -2.46. The van der Waals surface area contributed by atoms with E-state index in [1.807, 2.05) is 24.3 Å². The molecule has 3 rings (SSSR count). The highest BCUT2D eigenvalue weighted by molar-refractivity contribution is 6.31. The van der Waals surface area contributed by atoms with Gasteiger partial charge < -0.3 is 14.5 Å². The van der Waals surface area contributed by atoms with Crippen LogP contribution in [-0.2, 0) is 6.54 Å². The van der Waals surface area contributed by atoms with Gasteiger partial charge >= 0.3 is 5.63 Å². The van der Waals surface area contributed by atoms with Gasteiger partial charge in [0.25, 0.3) is 0 Å². The number of para-hydroxylation sites is 2. The van der Waals surface area contributed by atoms with E-state index in [4.69, 9.17) is 20.8 Å². The van der Waals surface area contributed by atoms with Crippen molar-refractivity contribution in [2.24, 2.45) is 0 Å². The minimum absolute atomic E-state index is 0.383. The molecule has 0 fully saturated rings. The molecule has 112 valence electrons. The average molecular weight is 316 g/mol. The van der Waals surface area contributed by atoms with E-state index in [1.165, 1.54) is 6.07 Å². The van der Waals surface area contributed by atoms with Crippen LogP contribution in [0, 0.1) is 0 Å². The number of nitrogens with one attached hydrogen (secondary N) is 1. The van der Waals surface area contributed by atoms with Gasteiger partial charge in [-0.05, 0) is 35.9 Å². The highest BCUT2D eigenvalue weighted by Crippen LogP contribution is 2.26. The summed E-state index contributed by atoms with van der Waals surface area (Å²) >= 11 is 6.04. The maximum absolute atomic E-state index is 11.7. The third-order valence-corrected chi connectivity index (χ3v) is 3.60. The van der Waals surface area contributed by atoms with E-state index in [9.17, 15) is 4.79 Å². The summed E-state index contributed by atoms with van der Waals surface area (Å²) in [6.45, 7) is 0.461. The summed E-state index contributed by atoms with van der Waals surface area (Å²) in [4.78, 5) is 11.7. The molecular weight excluding hydrogens is 302 g/mol. The lowest BCUT2D eigenvalue weighted by Crippen LogP contribution is -2.06. The second-order valence-corrected chi connectivity index (χ2v) is 5.22. The molecule has 0 aliphatic rings. The van der Waals surface area contributed by atoms with Crippen LogP contribution < -0.4 is 15.7 Å². The third-order valence-electron chi connectivity index (χ3n) is 3.37. The number of ether oxygens (including phenoxy) is 1. The Kier molecular flexibility index (Phi) is 4.02. The van der Waals surface area contributed by atoms with Crippen molar-refractivity contribution in [3.05, 3.63) is 69.5 Å². The predicted molar refractivity (Wildman–Crippen MR) is 87.8 cm³/mol. The van der Waals surface area contributed by atoms with Crippen molar-refractivity contribution in [1.82, 2.24) is 0 Å². The SMILES string of the molecule is COc1ccccc1NCc1cc(=O)oc2ccc(Cl)cc12. The van der Waals surface area contributed by atoms with Gasteiger partial charge in [0.05, 0.1) is 12.8 Å². The Morgan fingerprint density at radius 1 is 1.18 bits per heavy atom. The zero-order valence-corrected chi connectivity index (χ0v) is 12.7. The molecule has 0 saturated heterocycles. The number of anilines is 1. The zero-order valence-electron chi connectivity index (χ0n) is 11.9. The molecule has 0 aliphatic carbocycles. The van der Waals surface area contributed by atoms with Crippen LogP contribution in [0.5, 0.6) is 5.75 Å². The Balaban J connectivity index is 1.97. The fourth-order valence-electron chi connectivity index (χ4n) is 2.33. The molecule has 1 N–H and O–H groups in total. The summed E-state index contributed by atoms with van der Waals surface area (Å²) in [6, 6.07) is 14.3. The highest BCUT2D eigenvalue weighted by Gasteiger charge is 2.08. The molecule has 22 heavy (non-hydrogen) atoms. The van der Waals surface area contributed by atoms with Crippen LogP contribution in [0.15, 0.2) is 57.7 Å². The second-order valence-electron chi connectivity index (χ2n) is 4.78. The van der Waals surface area contributed by atoms with Crippen molar-refractivity contribution in [2.45, 2.75) is 6.54 Å². The van der Waals surface area contributed by atoms with E-state index in [2.05, 4.69) is 5.32 Å². The lowest BCUT2D eigenvalue weighted by molar-refractivity contribution is 0.416. The van der Waals surface area contributed by atoms with E-state index in [0.717, 1.165) is 22.4 Å².